The van der Waals surface area contributed by atoms with Gasteiger partial charge < -0.3 is 0 Å². The van der Waals surface area contributed by atoms with E-state index in [0.717, 1.165) is 78.2 Å². The van der Waals surface area contributed by atoms with Gasteiger partial charge in [-0.1, -0.05) is 121 Å². The van der Waals surface area contributed by atoms with Gasteiger partial charge in [-0.25, -0.2) is 9.97 Å². The average molecular weight is 717 g/mol. The molecule has 0 amide bonds. The molecule has 0 fully saturated rings. The van der Waals surface area contributed by atoms with E-state index in [1.807, 2.05) is 0 Å². The molecule has 4 heterocycles. The van der Waals surface area contributed by atoms with Crippen LogP contribution in [0.3, 0.4) is 0 Å². The summed E-state index contributed by atoms with van der Waals surface area (Å²) in [7, 11) is 0. The maximum atomic E-state index is 5.18. The van der Waals surface area contributed by atoms with Crippen LogP contribution in [0, 0.1) is 0 Å². The third kappa shape index (κ3) is 4.56. The molecule has 0 spiro atoms. The molecule has 56 heavy (non-hydrogen) atoms. The second-order valence-electron chi connectivity index (χ2n) is 14.4. The van der Waals surface area contributed by atoms with Crippen LogP contribution in [0.25, 0.3) is 100 Å². The number of hydrogen-bond donors (Lipinski definition) is 0. The first kappa shape index (κ1) is 30.7. The van der Waals surface area contributed by atoms with Crippen LogP contribution in [0.4, 0.5) is 0 Å². The molecule has 0 radical (unpaired) electrons. The highest BCUT2D eigenvalue weighted by molar-refractivity contribution is 5.97. The molecule has 4 aromatic heterocycles. The smallest absolute Gasteiger partial charge is 0.220 e. The molecular formula is C50H32N6. The van der Waals surface area contributed by atoms with Crippen LogP contribution in [0.5, 0.6) is 0 Å². The minimum atomic E-state index is 0.891. The van der Waals surface area contributed by atoms with E-state index in [2.05, 4.69) is 212 Å². The minimum absolute atomic E-state index is 0.891. The molecule has 262 valence electrons. The summed E-state index contributed by atoms with van der Waals surface area (Å²) in [6, 6.07) is 69.0. The first-order valence-corrected chi connectivity index (χ1v) is 18.9. The fourth-order valence-electron chi connectivity index (χ4n) is 8.54. The molecule has 12 rings (SSSR count). The van der Waals surface area contributed by atoms with Gasteiger partial charge in [0.2, 0.25) is 11.6 Å². The van der Waals surface area contributed by atoms with Crippen molar-refractivity contribution in [2.24, 2.45) is 0 Å². The van der Waals surface area contributed by atoms with Crippen LogP contribution < -0.4 is 0 Å². The standard InChI is InChI=1S/C50H32N6/c1-3-11-33(12-4-1)35-19-25-39(26-20-35)53-47-31-37(23-29-45(47)55-43-17-9-7-15-41(43)51-49(53)55)38-24-30-46-48(32-38)54(50-52-42-16-8-10-18-44(42)56(46)50)40-27-21-36(22-28-40)34-13-5-2-6-14-34/h1-32H. The first-order valence-electron chi connectivity index (χ1n) is 18.9. The molecule has 6 nitrogen and oxygen atoms in total. The SMILES string of the molecule is c1ccc(-c2ccc(-n3c4cc(-c5ccc6c(c5)n(-c5ccc(-c7ccccc7)cc5)c5nc7ccccc7n65)ccc4n4c5ccccc5nc34)cc2)cc1. The number of nitrogens with zero attached hydrogens (tertiary/aromatic N) is 6. The zero-order valence-corrected chi connectivity index (χ0v) is 30.2. The summed E-state index contributed by atoms with van der Waals surface area (Å²) in [6.07, 6.45) is 0. The van der Waals surface area contributed by atoms with Crippen molar-refractivity contribution in [3.8, 4) is 44.8 Å². The Kier molecular flexibility index (Phi) is 6.53. The summed E-state index contributed by atoms with van der Waals surface area (Å²) in [4.78, 5) is 10.4. The van der Waals surface area contributed by atoms with Crippen molar-refractivity contribution < 1.29 is 0 Å². The van der Waals surface area contributed by atoms with Gasteiger partial charge >= 0.3 is 0 Å². The zero-order valence-electron chi connectivity index (χ0n) is 30.2. The normalized spacial score (nSPS) is 11.9. The summed E-state index contributed by atoms with van der Waals surface area (Å²) in [6.45, 7) is 0. The summed E-state index contributed by atoms with van der Waals surface area (Å²) in [5.74, 6) is 1.78. The van der Waals surface area contributed by atoms with Crippen molar-refractivity contribution in [3.63, 3.8) is 0 Å². The van der Waals surface area contributed by atoms with Gasteiger partial charge in [0.15, 0.2) is 0 Å². The minimum Gasteiger partial charge on any atom is -0.278 e. The predicted octanol–water partition coefficient (Wildman–Crippen LogP) is 12.2. The largest absolute Gasteiger partial charge is 0.278 e. The molecule has 0 aliphatic carbocycles. The van der Waals surface area contributed by atoms with Crippen molar-refractivity contribution in [3.05, 3.63) is 194 Å². The molecule has 6 heteroatoms. The van der Waals surface area contributed by atoms with Gasteiger partial charge in [0.25, 0.3) is 0 Å². The summed E-state index contributed by atoms with van der Waals surface area (Å²) in [5, 5.41) is 0. The fraction of sp³-hybridized carbons (Fsp3) is 0. The second kappa shape index (κ2) is 11.9. The van der Waals surface area contributed by atoms with Crippen molar-refractivity contribution in [1.82, 2.24) is 27.9 Å². The topological polar surface area (TPSA) is 44.5 Å². The molecule has 0 atom stereocenters. The van der Waals surface area contributed by atoms with Crippen LogP contribution in [-0.4, -0.2) is 27.9 Å². The maximum absolute atomic E-state index is 5.18. The quantitative estimate of drug-likeness (QED) is 0.178. The summed E-state index contributed by atoms with van der Waals surface area (Å²) < 4.78 is 9.16. The van der Waals surface area contributed by atoms with E-state index >= 15 is 0 Å². The summed E-state index contributed by atoms with van der Waals surface area (Å²) >= 11 is 0. The van der Waals surface area contributed by atoms with Gasteiger partial charge in [-0.3, -0.25) is 17.9 Å². The molecule has 8 aromatic carbocycles. The number of hydrogen-bond acceptors (Lipinski definition) is 2. The van der Waals surface area contributed by atoms with E-state index in [0.29, 0.717) is 0 Å². The second-order valence-corrected chi connectivity index (χ2v) is 14.4. The molecule has 0 unspecified atom stereocenters. The van der Waals surface area contributed by atoms with Gasteiger partial charge in [0.1, 0.15) is 0 Å². The van der Waals surface area contributed by atoms with Crippen LogP contribution >= 0.6 is 0 Å². The lowest BCUT2D eigenvalue weighted by Crippen LogP contribution is -1.96. The Bertz CT molecular complexity index is 3210. The lowest BCUT2D eigenvalue weighted by atomic mass is 10.0. The average Bonchev–Trinajstić information content (AvgIpc) is 4.00. The van der Waals surface area contributed by atoms with E-state index in [1.165, 1.54) is 22.3 Å². The summed E-state index contributed by atoms with van der Waals surface area (Å²) in [5.41, 5.74) is 17.7. The highest BCUT2D eigenvalue weighted by Crippen LogP contribution is 2.36. The van der Waals surface area contributed by atoms with Gasteiger partial charge in [0, 0.05) is 11.4 Å². The number of benzene rings is 8. The van der Waals surface area contributed by atoms with Gasteiger partial charge in [0.05, 0.1) is 44.1 Å². The Morgan fingerprint density at radius 3 is 1.05 bits per heavy atom. The van der Waals surface area contributed by atoms with Gasteiger partial charge in [-0.2, -0.15) is 0 Å². The van der Waals surface area contributed by atoms with Crippen molar-refractivity contribution in [1.29, 1.82) is 0 Å². The Morgan fingerprint density at radius 1 is 0.268 bits per heavy atom. The molecule has 12 aromatic rings. The number of fused-ring (bicyclic) bond motifs is 10. The third-order valence-electron chi connectivity index (χ3n) is 11.2. The molecule has 0 aliphatic rings. The van der Waals surface area contributed by atoms with Crippen LogP contribution in [-0.2, 0) is 0 Å². The third-order valence-corrected chi connectivity index (χ3v) is 11.2. The molecule has 0 saturated carbocycles. The van der Waals surface area contributed by atoms with Crippen LogP contribution in [0.15, 0.2) is 194 Å². The van der Waals surface area contributed by atoms with E-state index < -0.39 is 0 Å². The molecule has 0 aliphatic heterocycles. The lowest BCUT2D eigenvalue weighted by Gasteiger charge is -2.10. The fourth-order valence-corrected chi connectivity index (χ4v) is 8.54. The number of aromatic nitrogens is 6. The number of rotatable bonds is 5. The van der Waals surface area contributed by atoms with E-state index in [9.17, 15) is 0 Å². The van der Waals surface area contributed by atoms with E-state index in [-0.39, 0.29) is 0 Å². The van der Waals surface area contributed by atoms with E-state index in [1.54, 1.807) is 0 Å². The molecule has 0 bridgehead atoms. The van der Waals surface area contributed by atoms with Gasteiger partial charge in [-0.05, 0) is 106 Å². The molecule has 0 N–H and O–H groups in total. The first-order chi connectivity index (χ1) is 27.8. The van der Waals surface area contributed by atoms with Crippen molar-refractivity contribution in [2.45, 2.75) is 0 Å². The van der Waals surface area contributed by atoms with Crippen LogP contribution in [0.1, 0.15) is 0 Å². The highest BCUT2D eigenvalue weighted by Gasteiger charge is 2.21. The molecule has 0 saturated heterocycles. The van der Waals surface area contributed by atoms with E-state index in [4.69, 9.17) is 9.97 Å². The molecular weight excluding hydrogens is 685 g/mol. The number of para-hydroxylation sites is 4. The monoisotopic (exact) mass is 716 g/mol. The van der Waals surface area contributed by atoms with Crippen molar-refractivity contribution in [2.75, 3.05) is 0 Å². The Labute approximate surface area is 321 Å². The number of imidazole rings is 4. The lowest BCUT2D eigenvalue weighted by molar-refractivity contribution is 1.11. The maximum Gasteiger partial charge on any atom is 0.220 e. The van der Waals surface area contributed by atoms with Gasteiger partial charge in [-0.15, -0.1) is 0 Å². The van der Waals surface area contributed by atoms with Crippen molar-refractivity contribution >= 4 is 55.7 Å². The predicted molar refractivity (Wildman–Crippen MR) is 229 cm³/mol. The Hall–Kier alpha value is -7.70. The zero-order chi connectivity index (χ0) is 36.7. The van der Waals surface area contributed by atoms with Crippen LogP contribution in [0.2, 0.25) is 0 Å². The Balaban J connectivity index is 1.06. The Morgan fingerprint density at radius 2 is 0.625 bits per heavy atom. The highest BCUT2D eigenvalue weighted by atomic mass is 15.2.